The molecular formula is C44H82. The summed E-state index contributed by atoms with van der Waals surface area (Å²) in [5.74, 6) is 0. The molecule has 0 bridgehead atoms. The van der Waals surface area contributed by atoms with Crippen molar-refractivity contribution in [1.82, 2.24) is 0 Å². The predicted octanol–water partition coefficient (Wildman–Crippen LogP) is 16.1. The Kier molecular flexibility index (Phi) is 32.9. The molecule has 0 saturated heterocycles. The summed E-state index contributed by atoms with van der Waals surface area (Å²) < 4.78 is 0. The fourth-order valence-electron chi connectivity index (χ4n) is 7.13. The Balaban J connectivity index is 1.87. The highest BCUT2D eigenvalue weighted by atomic mass is 14.1. The molecule has 0 fully saturated rings. The lowest BCUT2D eigenvalue weighted by Crippen LogP contribution is -1.95. The van der Waals surface area contributed by atoms with E-state index in [0.29, 0.717) is 0 Å². The molecule has 0 heteroatoms. The molecule has 0 amide bonds. The van der Waals surface area contributed by atoms with Crippen molar-refractivity contribution in [1.29, 1.82) is 0 Å². The van der Waals surface area contributed by atoms with E-state index in [2.05, 4.69) is 38.1 Å². The molecule has 0 aliphatic heterocycles. The standard InChI is InChI=1S/C44H82/c1-3-5-7-9-11-13-15-17-19-21-23-25-27-29-31-33-35-39-43-41-37-38-42-44(43)40-36-34-32-30-28-26-24-22-20-18-16-14-12-10-8-6-4-2/h37-38,41-42H,3-36,39-40H2,1-2H3. The highest BCUT2D eigenvalue weighted by molar-refractivity contribution is 5.27. The maximum absolute atomic E-state index is 2.41. The first-order valence-electron chi connectivity index (χ1n) is 20.9. The summed E-state index contributed by atoms with van der Waals surface area (Å²) in [5, 5.41) is 0. The molecule has 44 heavy (non-hydrogen) atoms. The van der Waals surface area contributed by atoms with E-state index in [9.17, 15) is 0 Å². The van der Waals surface area contributed by atoms with Gasteiger partial charge >= 0.3 is 0 Å². The zero-order valence-corrected chi connectivity index (χ0v) is 30.8. The summed E-state index contributed by atoms with van der Waals surface area (Å²) in [7, 11) is 0. The molecule has 0 nitrogen and oxygen atoms in total. The van der Waals surface area contributed by atoms with E-state index in [-0.39, 0.29) is 0 Å². The van der Waals surface area contributed by atoms with Crippen LogP contribution in [-0.4, -0.2) is 0 Å². The second-order valence-electron chi connectivity index (χ2n) is 14.6. The van der Waals surface area contributed by atoms with E-state index in [1.165, 1.54) is 231 Å². The molecule has 0 saturated carbocycles. The largest absolute Gasteiger partial charge is 0.0654 e. The zero-order valence-electron chi connectivity index (χ0n) is 30.8. The predicted molar refractivity (Wildman–Crippen MR) is 202 cm³/mol. The van der Waals surface area contributed by atoms with Crippen molar-refractivity contribution in [3.05, 3.63) is 35.4 Å². The Hall–Kier alpha value is -0.780. The van der Waals surface area contributed by atoms with Crippen molar-refractivity contribution in [3.63, 3.8) is 0 Å². The lowest BCUT2D eigenvalue weighted by Gasteiger charge is -2.10. The molecule has 0 aromatic heterocycles. The van der Waals surface area contributed by atoms with Gasteiger partial charge in [0.05, 0.1) is 0 Å². The Labute approximate surface area is 279 Å². The van der Waals surface area contributed by atoms with Crippen LogP contribution >= 0.6 is 0 Å². The number of rotatable bonds is 36. The Bertz CT molecular complexity index is 603. The van der Waals surface area contributed by atoms with Crippen LogP contribution in [-0.2, 0) is 12.8 Å². The van der Waals surface area contributed by atoms with Crippen molar-refractivity contribution < 1.29 is 0 Å². The molecule has 0 N–H and O–H groups in total. The van der Waals surface area contributed by atoms with Crippen molar-refractivity contribution >= 4 is 0 Å². The van der Waals surface area contributed by atoms with Gasteiger partial charge in [-0.15, -0.1) is 0 Å². The molecule has 1 rings (SSSR count). The van der Waals surface area contributed by atoms with Gasteiger partial charge in [0, 0.05) is 0 Å². The summed E-state index contributed by atoms with van der Waals surface area (Å²) in [6, 6.07) is 9.35. The summed E-state index contributed by atoms with van der Waals surface area (Å²) in [5.41, 5.74) is 3.29. The van der Waals surface area contributed by atoms with Crippen molar-refractivity contribution in [3.8, 4) is 0 Å². The quantitative estimate of drug-likeness (QED) is 0.0663. The van der Waals surface area contributed by atoms with Crippen LogP contribution in [0.15, 0.2) is 24.3 Å². The second-order valence-corrected chi connectivity index (χ2v) is 14.6. The molecule has 0 spiro atoms. The molecule has 0 unspecified atom stereocenters. The fourth-order valence-corrected chi connectivity index (χ4v) is 7.13. The third-order valence-corrected chi connectivity index (χ3v) is 10.2. The SMILES string of the molecule is CCCCCCCCCCCCCCCCCCCc1ccccc1CCCCCCCCCCCCCCCCCCC. The van der Waals surface area contributed by atoms with Gasteiger partial charge in [-0.3, -0.25) is 0 Å². The minimum Gasteiger partial charge on any atom is -0.0654 e. The number of hydrogen-bond acceptors (Lipinski definition) is 0. The third-order valence-electron chi connectivity index (χ3n) is 10.2. The molecule has 0 atom stereocenters. The monoisotopic (exact) mass is 611 g/mol. The van der Waals surface area contributed by atoms with Crippen molar-refractivity contribution in [2.45, 2.75) is 245 Å². The van der Waals surface area contributed by atoms with Crippen LogP contribution in [0.2, 0.25) is 0 Å². The minimum atomic E-state index is 1.30. The average Bonchev–Trinajstić information content (AvgIpc) is 3.04. The number of aryl methyl sites for hydroxylation is 2. The third kappa shape index (κ3) is 28.7. The molecule has 1 aromatic rings. The smallest absolute Gasteiger partial charge is 0.0276 e. The highest BCUT2D eigenvalue weighted by Crippen LogP contribution is 2.19. The van der Waals surface area contributed by atoms with Gasteiger partial charge in [0.1, 0.15) is 0 Å². The first-order valence-corrected chi connectivity index (χ1v) is 20.9. The lowest BCUT2D eigenvalue weighted by molar-refractivity contribution is 0.526. The average molecular weight is 611 g/mol. The molecule has 0 heterocycles. The van der Waals surface area contributed by atoms with Gasteiger partial charge in [-0.1, -0.05) is 244 Å². The molecule has 0 radical (unpaired) electrons. The van der Waals surface area contributed by atoms with E-state index in [0.717, 1.165) is 0 Å². The van der Waals surface area contributed by atoms with E-state index < -0.39 is 0 Å². The van der Waals surface area contributed by atoms with Crippen LogP contribution in [0.25, 0.3) is 0 Å². The van der Waals surface area contributed by atoms with Crippen LogP contribution in [0.3, 0.4) is 0 Å². The van der Waals surface area contributed by atoms with E-state index in [4.69, 9.17) is 0 Å². The number of benzene rings is 1. The lowest BCUT2D eigenvalue weighted by atomic mass is 9.96. The summed E-state index contributed by atoms with van der Waals surface area (Å²) >= 11 is 0. The fraction of sp³-hybridized carbons (Fsp3) is 0.864. The second kappa shape index (κ2) is 35.1. The molecule has 0 aliphatic rings. The Morgan fingerprint density at radius 1 is 0.250 bits per heavy atom. The van der Waals surface area contributed by atoms with Crippen LogP contribution < -0.4 is 0 Å². The van der Waals surface area contributed by atoms with Crippen LogP contribution in [0, 0.1) is 0 Å². The summed E-state index contributed by atoms with van der Waals surface area (Å²) in [4.78, 5) is 0. The van der Waals surface area contributed by atoms with Crippen LogP contribution in [0.5, 0.6) is 0 Å². The van der Waals surface area contributed by atoms with Gasteiger partial charge in [-0.25, -0.2) is 0 Å². The van der Waals surface area contributed by atoms with Gasteiger partial charge in [-0.05, 0) is 36.8 Å². The first kappa shape index (κ1) is 41.2. The van der Waals surface area contributed by atoms with E-state index in [1.807, 2.05) is 0 Å². The van der Waals surface area contributed by atoms with Gasteiger partial charge in [0.25, 0.3) is 0 Å². The maximum Gasteiger partial charge on any atom is -0.0276 e. The maximum atomic E-state index is 2.41. The van der Waals surface area contributed by atoms with Gasteiger partial charge in [-0.2, -0.15) is 0 Å². The minimum absolute atomic E-state index is 1.30. The van der Waals surface area contributed by atoms with Crippen molar-refractivity contribution in [2.75, 3.05) is 0 Å². The van der Waals surface area contributed by atoms with E-state index in [1.54, 1.807) is 11.1 Å². The molecule has 1 aromatic carbocycles. The Morgan fingerprint density at radius 3 is 0.636 bits per heavy atom. The van der Waals surface area contributed by atoms with Gasteiger partial charge < -0.3 is 0 Å². The van der Waals surface area contributed by atoms with Crippen molar-refractivity contribution in [2.24, 2.45) is 0 Å². The summed E-state index contributed by atoms with van der Waals surface area (Å²) in [6.45, 7) is 4.62. The molecule has 258 valence electrons. The summed E-state index contributed by atoms with van der Waals surface area (Å²) in [6.07, 6.45) is 52.1. The molecular weight excluding hydrogens is 528 g/mol. The van der Waals surface area contributed by atoms with Gasteiger partial charge in [0.2, 0.25) is 0 Å². The zero-order chi connectivity index (χ0) is 31.4. The Morgan fingerprint density at radius 2 is 0.432 bits per heavy atom. The van der Waals surface area contributed by atoms with Crippen LogP contribution in [0.1, 0.15) is 243 Å². The van der Waals surface area contributed by atoms with Gasteiger partial charge in [0.15, 0.2) is 0 Å². The number of unbranched alkanes of at least 4 members (excludes halogenated alkanes) is 32. The first-order chi connectivity index (χ1) is 21.9. The highest BCUT2D eigenvalue weighted by Gasteiger charge is 2.03. The molecule has 0 aliphatic carbocycles. The topological polar surface area (TPSA) is 0 Å². The van der Waals surface area contributed by atoms with E-state index >= 15 is 0 Å². The number of hydrogen-bond donors (Lipinski definition) is 0. The normalized spacial score (nSPS) is 11.5. The van der Waals surface area contributed by atoms with Crippen LogP contribution in [0.4, 0.5) is 0 Å².